The molecule has 2 heterocycles. The molecule has 0 N–H and O–H groups in total. The molecule has 0 bridgehead atoms. The highest BCUT2D eigenvalue weighted by atomic mass is 32.2. The number of thioether (sulfide) groups is 1. The highest BCUT2D eigenvalue weighted by molar-refractivity contribution is 7.99. The van der Waals surface area contributed by atoms with Crippen LogP contribution in [0.3, 0.4) is 0 Å². The molecule has 0 aliphatic carbocycles. The molecule has 144 valence electrons. The highest BCUT2D eigenvalue weighted by Gasteiger charge is 2.21. The maximum absolute atomic E-state index is 12.7. The van der Waals surface area contributed by atoms with Gasteiger partial charge in [0.25, 0.3) is 0 Å². The first-order valence-corrected chi connectivity index (χ1v) is 10.4. The predicted molar refractivity (Wildman–Crippen MR) is 113 cm³/mol. The van der Waals surface area contributed by atoms with Gasteiger partial charge in [-0.15, -0.1) is 10.2 Å². The summed E-state index contributed by atoms with van der Waals surface area (Å²) in [5.41, 5.74) is 5.48. The molecule has 3 aromatic rings. The van der Waals surface area contributed by atoms with E-state index in [4.69, 9.17) is 0 Å². The number of hydrogen-bond acceptors (Lipinski definition) is 4. The predicted octanol–water partition coefficient (Wildman–Crippen LogP) is 4.55. The van der Waals surface area contributed by atoms with Crippen molar-refractivity contribution >= 4 is 34.2 Å². The van der Waals surface area contributed by atoms with E-state index in [-0.39, 0.29) is 18.0 Å². The second-order valence-electron chi connectivity index (χ2n) is 7.77. The number of hydrogen-bond donors (Lipinski definition) is 0. The van der Waals surface area contributed by atoms with Crippen LogP contribution >= 0.6 is 11.8 Å². The fraction of sp³-hybridized carbons (Fsp3) is 0.476. The van der Waals surface area contributed by atoms with E-state index in [2.05, 4.69) is 81.3 Å². The van der Waals surface area contributed by atoms with E-state index < -0.39 is 0 Å². The van der Waals surface area contributed by atoms with Gasteiger partial charge in [0.15, 0.2) is 10.8 Å². The van der Waals surface area contributed by atoms with Gasteiger partial charge in [-0.25, -0.2) is 0 Å². The number of benzene rings is 1. The lowest BCUT2D eigenvalue weighted by Crippen LogP contribution is -2.43. The molecule has 5 nitrogen and oxygen atoms in total. The van der Waals surface area contributed by atoms with E-state index in [1.807, 2.05) is 4.90 Å². The summed E-state index contributed by atoms with van der Waals surface area (Å²) in [7, 11) is 0. The zero-order chi connectivity index (χ0) is 19.9. The van der Waals surface area contributed by atoms with Crippen LogP contribution in [0.1, 0.15) is 44.4 Å². The number of pyridine rings is 1. The van der Waals surface area contributed by atoms with Crippen LogP contribution in [-0.2, 0) is 4.79 Å². The van der Waals surface area contributed by atoms with E-state index in [0.717, 1.165) is 21.9 Å². The molecule has 0 saturated carbocycles. The number of fused-ring (bicyclic) bond motifs is 3. The molecule has 0 atom stereocenters. The van der Waals surface area contributed by atoms with E-state index >= 15 is 0 Å². The summed E-state index contributed by atoms with van der Waals surface area (Å²) in [5.74, 6) is 0.489. The van der Waals surface area contributed by atoms with Crippen molar-refractivity contribution in [3.63, 3.8) is 0 Å². The Kier molecular flexibility index (Phi) is 5.47. The van der Waals surface area contributed by atoms with Crippen molar-refractivity contribution in [3.8, 4) is 0 Å². The Morgan fingerprint density at radius 3 is 2.33 bits per heavy atom. The van der Waals surface area contributed by atoms with Gasteiger partial charge in [0, 0.05) is 12.1 Å². The number of carbonyl (C=O) groups is 1. The molecule has 2 aromatic heterocycles. The number of carbonyl (C=O) groups excluding carboxylic acids is 1. The quantitative estimate of drug-likeness (QED) is 0.606. The van der Waals surface area contributed by atoms with Gasteiger partial charge in [0.05, 0.1) is 11.3 Å². The van der Waals surface area contributed by atoms with Gasteiger partial charge in [0.1, 0.15) is 0 Å². The average molecular weight is 385 g/mol. The summed E-state index contributed by atoms with van der Waals surface area (Å²) in [6, 6.07) is 6.89. The summed E-state index contributed by atoms with van der Waals surface area (Å²) in [5, 5.41) is 10.7. The van der Waals surface area contributed by atoms with Gasteiger partial charge < -0.3 is 4.90 Å². The number of aromatic nitrogens is 3. The third kappa shape index (κ3) is 3.68. The fourth-order valence-electron chi connectivity index (χ4n) is 3.90. The molecule has 0 saturated heterocycles. The summed E-state index contributed by atoms with van der Waals surface area (Å²) in [4.78, 5) is 14.7. The highest BCUT2D eigenvalue weighted by Crippen LogP contribution is 2.28. The molecule has 3 rings (SSSR count). The lowest BCUT2D eigenvalue weighted by molar-refractivity contribution is -0.131. The molecule has 0 radical (unpaired) electrons. The number of amides is 1. The Balaban J connectivity index is 2.02. The van der Waals surface area contributed by atoms with Crippen molar-refractivity contribution < 1.29 is 4.79 Å². The van der Waals surface area contributed by atoms with Gasteiger partial charge in [-0.2, -0.15) is 0 Å². The fourth-order valence-corrected chi connectivity index (χ4v) is 4.71. The minimum atomic E-state index is 0.131. The summed E-state index contributed by atoms with van der Waals surface area (Å²) >= 11 is 1.46. The molecule has 0 aliphatic rings. The number of aryl methyl sites for hydroxylation is 3. The van der Waals surface area contributed by atoms with Gasteiger partial charge in [-0.05, 0) is 77.1 Å². The van der Waals surface area contributed by atoms with E-state index in [1.165, 1.54) is 28.3 Å². The zero-order valence-corrected chi connectivity index (χ0v) is 18.0. The Bertz CT molecular complexity index is 998. The Morgan fingerprint density at radius 1 is 1.04 bits per heavy atom. The smallest absolute Gasteiger partial charge is 0.233 e. The Morgan fingerprint density at radius 2 is 1.70 bits per heavy atom. The van der Waals surface area contributed by atoms with Crippen LogP contribution in [0.5, 0.6) is 0 Å². The van der Waals surface area contributed by atoms with E-state index in [9.17, 15) is 4.79 Å². The van der Waals surface area contributed by atoms with Crippen LogP contribution in [0.4, 0.5) is 0 Å². The van der Waals surface area contributed by atoms with Gasteiger partial charge in [-0.3, -0.25) is 9.20 Å². The number of rotatable bonds is 5. The van der Waals surface area contributed by atoms with Crippen LogP contribution in [0, 0.1) is 20.8 Å². The molecule has 1 aromatic carbocycles. The number of nitrogens with zero attached hydrogens (tertiary/aromatic N) is 4. The second kappa shape index (κ2) is 7.50. The lowest BCUT2D eigenvalue weighted by Gasteiger charge is -2.30. The van der Waals surface area contributed by atoms with Crippen molar-refractivity contribution in [1.29, 1.82) is 0 Å². The van der Waals surface area contributed by atoms with Gasteiger partial charge in [-0.1, -0.05) is 23.4 Å². The van der Waals surface area contributed by atoms with Crippen LogP contribution < -0.4 is 0 Å². The molecule has 27 heavy (non-hydrogen) atoms. The summed E-state index contributed by atoms with van der Waals surface area (Å²) in [6.07, 6.45) is 0. The van der Waals surface area contributed by atoms with Crippen molar-refractivity contribution in [1.82, 2.24) is 19.5 Å². The van der Waals surface area contributed by atoms with E-state index in [0.29, 0.717) is 5.75 Å². The third-order valence-electron chi connectivity index (χ3n) is 4.78. The summed E-state index contributed by atoms with van der Waals surface area (Å²) in [6.45, 7) is 14.5. The van der Waals surface area contributed by atoms with Crippen LogP contribution in [-0.4, -0.2) is 43.2 Å². The largest absolute Gasteiger partial charge is 0.337 e. The van der Waals surface area contributed by atoms with Crippen molar-refractivity contribution in [2.75, 3.05) is 5.75 Å². The SMILES string of the molecule is Cc1cc(C)c2c(c1)cc(C)c1nnc(SCC(=O)N(C(C)C)C(C)C)n12. The topological polar surface area (TPSA) is 50.5 Å². The van der Waals surface area contributed by atoms with Crippen LogP contribution in [0.25, 0.3) is 16.6 Å². The maximum atomic E-state index is 12.7. The molecule has 0 fully saturated rings. The van der Waals surface area contributed by atoms with E-state index in [1.54, 1.807) is 0 Å². The van der Waals surface area contributed by atoms with Crippen molar-refractivity contribution in [2.24, 2.45) is 0 Å². The van der Waals surface area contributed by atoms with Gasteiger partial charge >= 0.3 is 0 Å². The third-order valence-corrected chi connectivity index (χ3v) is 5.70. The monoisotopic (exact) mass is 384 g/mol. The molecule has 0 unspecified atom stereocenters. The Hall–Kier alpha value is -2.08. The van der Waals surface area contributed by atoms with Crippen molar-refractivity contribution in [3.05, 3.63) is 34.9 Å². The van der Waals surface area contributed by atoms with Crippen molar-refractivity contribution in [2.45, 2.75) is 65.7 Å². The average Bonchev–Trinajstić information content (AvgIpc) is 2.96. The normalized spacial score (nSPS) is 11.9. The minimum Gasteiger partial charge on any atom is -0.337 e. The first-order valence-electron chi connectivity index (χ1n) is 9.40. The zero-order valence-electron chi connectivity index (χ0n) is 17.2. The molecular formula is C21H28N4OS. The first-order chi connectivity index (χ1) is 12.7. The molecule has 0 aliphatic heterocycles. The first kappa shape index (κ1) is 19.7. The maximum Gasteiger partial charge on any atom is 0.233 e. The minimum absolute atomic E-state index is 0.131. The molecule has 6 heteroatoms. The van der Waals surface area contributed by atoms with Crippen LogP contribution in [0.2, 0.25) is 0 Å². The van der Waals surface area contributed by atoms with Gasteiger partial charge in [0.2, 0.25) is 5.91 Å². The molecule has 1 amide bonds. The Labute approximate surface area is 165 Å². The standard InChI is InChI=1S/C21H28N4OS/c1-12(2)24(13(3)4)18(26)11-27-21-23-22-20-16(7)10-17-9-14(5)8-15(6)19(17)25(20)21/h8-10,12-13H,11H2,1-7H3. The second-order valence-corrected chi connectivity index (χ2v) is 8.71. The van der Waals surface area contributed by atoms with Crippen LogP contribution in [0.15, 0.2) is 23.4 Å². The molecular weight excluding hydrogens is 356 g/mol. The molecule has 0 spiro atoms. The lowest BCUT2D eigenvalue weighted by atomic mass is 10.1. The summed E-state index contributed by atoms with van der Waals surface area (Å²) < 4.78 is 2.10.